The fourth-order valence-electron chi connectivity index (χ4n) is 0.647. The van der Waals surface area contributed by atoms with Gasteiger partial charge in [-0.05, 0) is 0 Å². The van der Waals surface area contributed by atoms with Gasteiger partial charge in [0.05, 0.1) is 0 Å². The van der Waals surface area contributed by atoms with Crippen LogP contribution >= 0.6 is 19.4 Å². The first-order valence-corrected chi connectivity index (χ1v) is 8.28. The minimum absolute atomic E-state index is 0. The Morgan fingerprint density at radius 2 is 1.62 bits per heavy atom. The van der Waals surface area contributed by atoms with Crippen molar-refractivity contribution < 1.29 is 13.5 Å². The average molecular weight is 304 g/mol. The summed E-state index contributed by atoms with van der Waals surface area (Å²) in [6.45, 7) is 0. The molecule has 0 saturated carbocycles. The molecule has 0 spiro atoms. The first kappa shape index (κ1) is 15.5. The number of hydrogen-bond donors (Lipinski definition) is 0. The van der Waals surface area contributed by atoms with Crippen molar-refractivity contribution in [2.45, 2.75) is 0 Å². The third-order valence-corrected chi connectivity index (χ3v) is 2.64. The van der Waals surface area contributed by atoms with Gasteiger partial charge in [0.25, 0.3) is 0 Å². The maximum absolute atomic E-state index is 5.59. The van der Waals surface area contributed by atoms with Crippen molar-refractivity contribution in [3.8, 4) is 0 Å². The Balaban J connectivity index is 0. The van der Waals surface area contributed by atoms with Crippen LogP contribution in [0.4, 0.5) is 0 Å². The SMILES string of the molecule is [CH3-].[CH3-].[Cl][Ru]([Cl])=[C]=Cc1ccccc1. The second kappa shape index (κ2) is 8.66. The molecule has 0 amide bonds. The molecule has 0 aliphatic carbocycles. The van der Waals surface area contributed by atoms with Crippen molar-refractivity contribution in [3.05, 3.63) is 50.7 Å². The molecule has 0 aliphatic rings. The van der Waals surface area contributed by atoms with E-state index in [1.807, 2.05) is 36.4 Å². The van der Waals surface area contributed by atoms with Crippen molar-refractivity contribution in [2.24, 2.45) is 0 Å². The van der Waals surface area contributed by atoms with E-state index in [1.54, 1.807) is 0 Å². The van der Waals surface area contributed by atoms with E-state index in [0.717, 1.165) is 5.56 Å². The van der Waals surface area contributed by atoms with Gasteiger partial charge in [0.15, 0.2) is 0 Å². The predicted molar refractivity (Wildman–Crippen MR) is 60.4 cm³/mol. The van der Waals surface area contributed by atoms with Crippen LogP contribution in [0.1, 0.15) is 5.56 Å². The number of benzene rings is 1. The zero-order chi connectivity index (χ0) is 8.10. The van der Waals surface area contributed by atoms with Crippen LogP contribution in [-0.4, -0.2) is 4.26 Å². The first-order valence-electron chi connectivity index (χ1n) is 2.93. The van der Waals surface area contributed by atoms with Crippen molar-refractivity contribution in [1.29, 1.82) is 0 Å². The first-order chi connectivity index (χ1) is 5.29. The van der Waals surface area contributed by atoms with Crippen molar-refractivity contribution in [3.63, 3.8) is 0 Å². The van der Waals surface area contributed by atoms with E-state index in [1.165, 1.54) is 0 Å². The molecule has 0 bridgehead atoms. The van der Waals surface area contributed by atoms with Crippen LogP contribution in [0.25, 0.3) is 6.08 Å². The van der Waals surface area contributed by atoms with Crippen molar-refractivity contribution in [2.75, 3.05) is 0 Å². The van der Waals surface area contributed by atoms with E-state index in [9.17, 15) is 0 Å². The quantitative estimate of drug-likeness (QED) is 0.545. The average Bonchev–Trinajstić information content (AvgIpc) is 2.03. The summed E-state index contributed by atoms with van der Waals surface area (Å²) in [5.74, 6) is 0. The third kappa shape index (κ3) is 7.17. The van der Waals surface area contributed by atoms with E-state index >= 15 is 0 Å². The van der Waals surface area contributed by atoms with Crippen molar-refractivity contribution >= 4 is 29.7 Å². The fourth-order valence-corrected chi connectivity index (χ4v) is 1.58. The molecule has 0 heterocycles. The molecule has 3 heteroatoms. The molecule has 0 aliphatic heterocycles. The predicted octanol–water partition coefficient (Wildman–Crippen LogP) is 3.93. The van der Waals surface area contributed by atoms with E-state index in [2.05, 4.69) is 4.26 Å². The molecule has 1 aromatic carbocycles. The molecule has 0 N–H and O–H groups in total. The number of rotatable bonds is 1. The number of halogens is 2. The summed E-state index contributed by atoms with van der Waals surface area (Å²) in [5, 5.41) is 0. The zero-order valence-corrected chi connectivity index (χ0v) is 10.8. The summed E-state index contributed by atoms with van der Waals surface area (Å²) in [5.41, 5.74) is 1.09. The molecule has 13 heavy (non-hydrogen) atoms. The van der Waals surface area contributed by atoms with Crippen LogP contribution in [0.5, 0.6) is 0 Å². The molecule has 0 atom stereocenters. The van der Waals surface area contributed by atoms with Gasteiger partial charge in [-0.1, -0.05) is 0 Å². The number of hydrogen-bond acceptors (Lipinski definition) is 0. The van der Waals surface area contributed by atoms with Gasteiger partial charge in [0.2, 0.25) is 0 Å². The molecular formula is C10H12Cl2Ru-2. The van der Waals surface area contributed by atoms with Gasteiger partial charge < -0.3 is 14.9 Å². The van der Waals surface area contributed by atoms with Crippen LogP contribution in [0.3, 0.4) is 0 Å². The molecule has 0 saturated heterocycles. The standard InChI is InChI=1S/C8H6.2CH3.2ClH.Ru/c1-2-8-6-4-3-5-7-8;;;;;/h2-7H;2*1H3;2*1H;/q;2*-1;;;+2/p-2. The van der Waals surface area contributed by atoms with E-state index in [-0.39, 0.29) is 14.9 Å². The summed E-state index contributed by atoms with van der Waals surface area (Å²) in [4.78, 5) is 0. The molecular weight excluding hydrogens is 292 g/mol. The Hall–Kier alpha value is 0.0734. The normalized spacial score (nSPS) is 8.62. The van der Waals surface area contributed by atoms with Gasteiger partial charge in [-0.15, -0.1) is 0 Å². The van der Waals surface area contributed by atoms with E-state index in [0.29, 0.717) is 0 Å². The van der Waals surface area contributed by atoms with Gasteiger partial charge in [0, 0.05) is 0 Å². The van der Waals surface area contributed by atoms with Crippen LogP contribution in [-0.2, 0) is 13.5 Å². The second-order valence-electron chi connectivity index (χ2n) is 1.84. The summed E-state index contributed by atoms with van der Waals surface area (Å²) in [7, 11) is 11.2. The Morgan fingerprint density at radius 1 is 1.08 bits per heavy atom. The van der Waals surface area contributed by atoms with Gasteiger partial charge >= 0.3 is 79.1 Å². The third-order valence-electron chi connectivity index (χ3n) is 1.09. The van der Waals surface area contributed by atoms with Crippen LogP contribution in [0.2, 0.25) is 0 Å². The van der Waals surface area contributed by atoms with Crippen LogP contribution in [0, 0.1) is 14.9 Å². The van der Waals surface area contributed by atoms with Gasteiger partial charge in [0.1, 0.15) is 0 Å². The fraction of sp³-hybridized carbons (Fsp3) is 0. The van der Waals surface area contributed by atoms with E-state index in [4.69, 9.17) is 19.4 Å². The van der Waals surface area contributed by atoms with E-state index < -0.39 is 13.5 Å². The molecule has 1 aromatic rings. The topological polar surface area (TPSA) is 0 Å². The maximum atomic E-state index is 5.59. The molecule has 0 aromatic heterocycles. The monoisotopic (exact) mass is 304 g/mol. The van der Waals surface area contributed by atoms with Crippen LogP contribution in [0.15, 0.2) is 30.3 Å². The van der Waals surface area contributed by atoms with Gasteiger partial charge in [-0.25, -0.2) is 0 Å². The molecule has 0 fully saturated rings. The molecule has 76 valence electrons. The second-order valence-corrected chi connectivity index (χ2v) is 7.22. The van der Waals surface area contributed by atoms with Gasteiger partial charge in [-0.2, -0.15) is 0 Å². The summed E-state index contributed by atoms with van der Waals surface area (Å²) in [6.07, 6.45) is 1.83. The Bertz CT molecular complexity index is 283. The zero-order valence-electron chi connectivity index (χ0n) is 7.57. The van der Waals surface area contributed by atoms with Crippen LogP contribution < -0.4 is 0 Å². The minimum atomic E-state index is -1.74. The summed E-state index contributed by atoms with van der Waals surface area (Å²) in [6, 6.07) is 9.87. The molecule has 0 radical (unpaired) electrons. The Labute approximate surface area is 93.7 Å². The summed E-state index contributed by atoms with van der Waals surface area (Å²) >= 11 is -1.74. The molecule has 1 rings (SSSR count). The molecule has 0 unspecified atom stereocenters. The summed E-state index contributed by atoms with van der Waals surface area (Å²) < 4.78 is 2.91. The van der Waals surface area contributed by atoms with Gasteiger partial charge in [-0.3, -0.25) is 0 Å². The Kier molecular flexibility index (Phi) is 10.4. The Morgan fingerprint density at radius 3 is 2.08 bits per heavy atom. The van der Waals surface area contributed by atoms with Crippen molar-refractivity contribution in [1.82, 2.24) is 0 Å². The molecule has 0 nitrogen and oxygen atoms in total.